The fourth-order valence-corrected chi connectivity index (χ4v) is 2.87. The van der Waals surface area contributed by atoms with E-state index < -0.39 is 6.04 Å². The topological polar surface area (TPSA) is 75.4 Å². The van der Waals surface area contributed by atoms with Crippen LogP contribution in [0.1, 0.15) is 31.2 Å². The first kappa shape index (κ1) is 15.0. The quantitative estimate of drug-likeness (QED) is 0.757. The Labute approximate surface area is 120 Å². The number of aliphatic hydroxyl groups excluding tert-OH is 1. The van der Waals surface area contributed by atoms with Crippen LogP contribution >= 0.6 is 0 Å². The highest BCUT2D eigenvalue weighted by molar-refractivity contribution is 5.82. The van der Waals surface area contributed by atoms with Gasteiger partial charge < -0.3 is 16.2 Å². The molecular formula is C16H24N2O2. The lowest BCUT2D eigenvalue weighted by molar-refractivity contribution is -0.123. The van der Waals surface area contributed by atoms with Crippen LogP contribution in [0.3, 0.4) is 0 Å². The van der Waals surface area contributed by atoms with Crippen LogP contribution in [0.2, 0.25) is 0 Å². The summed E-state index contributed by atoms with van der Waals surface area (Å²) in [5, 5.41) is 12.4. The summed E-state index contributed by atoms with van der Waals surface area (Å²) in [5.41, 5.74) is 7.05. The first-order chi connectivity index (χ1) is 9.70. The van der Waals surface area contributed by atoms with Gasteiger partial charge in [0, 0.05) is 18.6 Å². The molecule has 0 aromatic heterocycles. The zero-order chi connectivity index (χ0) is 14.4. The molecule has 110 valence electrons. The van der Waals surface area contributed by atoms with Crippen molar-refractivity contribution in [3.05, 3.63) is 35.9 Å². The number of hydrogen-bond donors (Lipinski definition) is 3. The Balaban J connectivity index is 1.87. The van der Waals surface area contributed by atoms with Crippen molar-refractivity contribution >= 4 is 5.91 Å². The molecule has 1 aromatic rings. The number of aliphatic hydroxyl groups is 1. The molecule has 1 amide bonds. The minimum atomic E-state index is -0.529. The monoisotopic (exact) mass is 276 g/mol. The van der Waals surface area contributed by atoms with E-state index in [4.69, 9.17) is 5.73 Å². The Hall–Kier alpha value is -1.39. The molecule has 1 aromatic carbocycles. The molecule has 0 radical (unpaired) electrons. The molecule has 1 saturated carbocycles. The van der Waals surface area contributed by atoms with E-state index in [0.717, 1.165) is 31.2 Å². The number of benzene rings is 1. The molecule has 1 aliphatic rings. The predicted octanol–water partition coefficient (Wildman–Crippen LogP) is 1.22. The summed E-state index contributed by atoms with van der Waals surface area (Å²) >= 11 is 0. The van der Waals surface area contributed by atoms with Crippen LogP contribution in [-0.2, 0) is 11.2 Å². The second-order valence-corrected chi connectivity index (χ2v) is 5.64. The summed E-state index contributed by atoms with van der Waals surface area (Å²) in [6.07, 6.45) is 4.70. The molecule has 2 unspecified atom stereocenters. The normalized spacial score (nSPS) is 24.1. The smallest absolute Gasteiger partial charge is 0.237 e. The van der Waals surface area contributed by atoms with Crippen LogP contribution in [-0.4, -0.2) is 29.7 Å². The third-order valence-electron chi connectivity index (χ3n) is 4.11. The Morgan fingerprint density at radius 3 is 2.70 bits per heavy atom. The first-order valence-electron chi connectivity index (χ1n) is 7.41. The first-order valence-corrected chi connectivity index (χ1v) is 7.41. The van der Waals surface area contributed by atoms with E-state index in [1.807, 2.05) is 30.3 Å². The largest absolute Gasteiger partial charge is 0.396 e. The molecule has 0 aliphatic heterocycles. The van der Waals surface area contributed by atoms with Gasteiger partial charge in [0.1, 0.15) is 0 Å². The van der Waals surface area contributed by atoms with E-state index in [9.17, 15) is 9.90 Å². The van der Waals surface area contributed by atoms with Gasteiger partial charge in [-0.25, -0.2) is 0 Å². The van der Waals surface area contributed by atoms with Crippen molar-refractivity contribution in [1.29, 1.82) is 0 Å². The summed E-state index contributed by atoms with van der Waals surface area (Å²) in [6.45, 7) is 0.138. The van der Waals surface area contributed by atoms with Crippen LogP contribution in [0, 0.1) is 5.92 Å². The lowest BCUT2D eigenvalue weighted by Gasteiger charge is -2.31. The molecule has 2 rings (SSSR count). The zero-order valence-electron chi connectivity index (χ0n) is 11.8. The van der Waals surface area contributed by atoms with Crippen LogP contribution < -0.4 is 11.1 Å². The molecule has 3 atom stereocenters. The summed E-state index contributed by atoms with van der Waals surface area (Å²) in [4.78, 5) is 12.2. The minimum Gasteiger partial charge on any atom is -0.396 e. The van der Waals surface area contributed by atoms with Gasteiger partial charge in [0.25, 0.3) is 0 Å². The second kappa shape index (κ2) is 7.41. The van der Waals surface area contributed by atoms with E-state index in [1.54, 1.807) is 0 Å². The van der Waals surface area contributed by atoms with Gasteiger partial charge >= 0.3 is 0 Å². The van der Waals surface area contributed by atoms with Crippen molar-refractivity contribution < 1.29 is 9.90 Å². The SMILES string of the molecule is N[C@@H](Cc1ccccc1)C(=O)NC1CCCCC1CO. The number of amides is 1. The van der Waals surface area contributed by atoms with Crippen molar-refractivity contribution in [3.63, 3.8) is 0 Å². The molecule has 0 bridgehead atoms. The number of carbonyl (C=O) groups excluding carboxylic acids is 1. The minimum absolute atomic E-state index is 0.0723. The molecule has 0 heterocycles. The Kier molecular flexibility index (Phi) is 5.56. The average Bonchev–Trinajstić information content (AvgIpc) is 2.48. The molecule has 4 nitrogen and oxygen atoms in total. The Morgan fingerprint density at radius 2 is 2.00 bits per heavy atom. The predicted molar refractivity (Wildman–Crippen MR) is 79.1 cm³/mol. The van der Waals surface area contributed by atoms with E-state index in [2.05, 4.69) is 5.32 Å². The maximum Gasteiger partial charge on any atom is 0.237 e. The molecular weight excluding hydrogens is 252 g/mol. The molecule has 4 N–H and O–H groups in total. The lowest BCUT2D eigenvalue weighted by Crippen LogP contribution is -2.50. The number of rotatable bonds is 5. The highest BCUT2D eigenvalue weighted by Crippen LogP contribution is 2.24. The maximum absolute atomic E-state index is 12.2. The molecule has 0 spiro atoms. The molecule has 0 saturated heterocycles. The van der Waals surface area contributed by atoms with E-state index >= 15 is 0 Å². The van der Waals surface area contributed by atoms with E-state index in [0.29, 0.717) is 6.42 Å². The number of carbonyl (C=O) groups is 1. The maximum atomic E-state index is 12.2. The van der Waals surface area contributed by atoms with Gasteiger partial charge in [0.15, 0.2) is 0 Å². The zero-order valence-corrected chi connectivity index (χ0v) is 11.8. The summed E-state index contributed by atoms with van der Waals surface area (Å²) in [6, 6.07) is 9.34. The van der Waals surface area contributed by atoms with Crippen molar-refractivity contribution in [2.24, 2.45) is 11.7 Å². The fraction of sp³-hybridized carbons (Fsp3) is 0.562. The highest BCUT2D eigenvalue weighted by atomic mass is 16.3. The van der Waals surface area contributed by atoms with Gasteiger partial charge in [-0.15, -0.1) is 0 Å². The van der Waals surface area contributed by atoms with Crippen molar-refractivity contribution in [3.8, 4) is 0 Å². The lowest BCUT2D eigenvalue weighted by atomic mass is 9.85. The summed E-state index contributed by atoms with van der Waals surface area (Å²) in [5.74, 6) is 0.0656. The molecule has 20 heavy (non-hydrogen) atoms. The number of hydrogen-bond acceptors (Lipinski definition) is 3. The van der Waals surface area contributed by atoms with Crippen LogP contribution in [0.15, 0.2) is 30.3 Å². The summed E-state index contributed by atoms with van der Waals surface area (Å²) < 4.78 is 0. The Bertz CT molecular complexity index is 422. The molecule has 4 heteroatoms. The number of nitrogens with one attached hydrogen (secondary N) is 1. The van der Waals surface area contributed by atoms with Crippen molar-refractivity contribution in [2.45, 2.75) is 44.2 Å². The van der Waals surface area contributed by atoms with E-state index in [1.165, 1.54) is 0 Å². The third kappa shape index (κ3) is 4.05. The van der Waals surface area contributed by atoms with Crippen LogP contribution in [0.25, 0.3) is 0 Å². The molecule has 1 aliphatic carbocycles. The standard InChI is InChI=1S/C16H24N2O2/c17-14(10-12-6-2-1-3-7-12)16(20)18-15-9-5-4-8-13(15)11-19/h1-3,6-7,13-15,19H,4-5,8-11,17H2,(H,18,20)/t13?,14-,15?/m0/s1. The second-order valence-electron chi connectivity index (χ2n) is 5.64. The molecule has 1 fully saturated rings. The highest BCUT2D eigenvalue weighted by Gasteiger charge is 2.27. The van der Waals surface area contributed by atoms with Crippen LogP contribution in [0.5, 0.6) is 0 Å². The summed E-state index contributed by atoms with van der Waals surface area (Å²) in [7, 11) is 0. The van der Waals surface area contributed by atoms with Gasteiger partial charge in [0.05, 0.1) is 6.04 Å². The number of nitrogens with two attached hydrogens (primary N) is 1. The average molecular weight is 276 g/mol. The van der Waals surface area contributed by atoms with Gasteiger partial charge in [-0.1, -0.05) is 43.2 Å². The van der Waals surface area contributed by atoms with Gasteiger partial charge in [-0.05, 0) is 24.8 Å². The van der Waals surface area contributed by atoms with Crippen LogP contribution in [0.4, 0.5) is 0 Å². The van der Waals surface area contributed by atoms with Crippen molar-refractivity contribution in [2.75, 3.05) is 6.61 Å². The third-order valence-corrected chi connectivity index (χ3v) is 4.11. The van der Waals surface area contributed by atoms with E-state index in [-0.39, 0.29) is 24.5 Å². The fourth-order valence-electron chi connectivity index (χ4n) is 2.87. The Morgan fingerprint density at radius 1 is 1.30 bits per heavy atom. The van der Waals surface area contributed by atoms with Gasteiger partial charge in [-0.2, -0.15) is 0 Å². The van der Waals surface area contributed by atoms with Crippen molar-refractivity contribution in [1.82, 2.24) is 5.32 Å². The van der Waals surface area contributed by atoms with Gasteiger partial charge in [-0.3, -0.25) is 4.79 Å². The van der Waals surface area contributed by atoms with Gasteiger partial charge in [0.2, 0.25) is 5.91 Å².